The summed E-state index contributed by atoms with van der Waals surface area (Å²) in [7, 11) is 1.54. The number of ether oxygens (including phenoxy) is 1. The predicted molar refractivity (Wildman–Crippen MR) is 54.0 cm³/mol. The van der Waals surface area contributed by atoms with Crippen molar-refractivity contribution in [3.8, 4) is 0 Å². The summed E-state index contributed by atoms with van der Waals surface area (Å²) in [6.45, 7) is 6.04. The average Bonchev–Trinajstić information content (AvgIpc) is 2.03. The zero-order valence-electron chi connectivity index (χ0n) is 8.61. The summed E-state index contributed by atoms with van der Waals surface area (Å²) >= 11 is 0. The Hall–Kier alpha value is -1.25. The second-order valence-electron chi connectivity index (χ2n) is 3.32. The third kappa shape index (κ3) is 5.06. The molecular weight excluding hydrogens is 166 g/mol. The Morgan fingerprint density at radius 1 is 1.46 bits per heavy atom. The Morgan fingerprint density at radius 3 is 2.46 bits per heavy atom. The third-order valence-corrected chi connectivity index (χ3v) is 1.53. The summed E-state index contributed by atoms with van der Waals surface area (Å²) in [5.41, 5.74) is -0.0959. The van der Waals surface area contributed by atoms with Gasteiger partial charge in [-0.15, -0.1) is 0 Å². The Balaban J connectivity index is 4.66. The Kier molecular flexibility index (Phi) is 4.89. The van der Waals surface area contributed by atoms with Gasteiger partial charge in [-0.2, -0.15) is 0 Å². The predicted octanol–water partition coefficient (Wildman–Crippen LogP) is 2.58. The molecule has 0 aromatic rings. The van der Waals surface area contributed by atoms with Gasteiger partial charge in [-0.3, -0.25) is 0 Å². The fraction of sp³-hybridized carbons (Fsp3) is 0.500. The molecule has 0 rings (SSSR count). The van der Waals surface area contributed by atoms with Crippen molar-refractivity contribution in [3.05, 3.63) is 24.0 Å². The van der Waals surface area contributed by atoms with Crippen molar-refractivity contribution in [3.63, 3.8) is 0 Å². The van der Waals surface area contributed by atoms with Crippen LogP contribution in [-0.4, -0.2) is 18.5 Å². The first-order chi connectivity index (χ1) is 6.05. The normalized spacial score (nSPS) is 14.3. The third-order valence-electron chi connectivity index (χ3n) is 1.53. The minimum absolute atomic E-state index is 0.0959. The molecule has 0 fully saturated rings. The van der Waals surface area contributed by atoms with E-state index in [0.29, 0.717) is 5.76 Å². The molecular formula is C10H17NO2. The average molecular weight is 183 g/mol. The van der Waals surface area contributed by atoms with E-state index in [1.54, 1.807) is 7.11 Å². The second kappa shape index (κ2) is 5.41. The Bertz CT molecular complexity index is 227. The molecule has 0 amide bonds. The molecule has 0 atom stereocenters. The van der Waals surface area contributed by atoms with Gasteiger partial charge < -0.3 is 9.94 Å². The highest BCUT2D eigenvalue weighted by atomic mass is 16.5. The molecule has 3 heteroatoms. The van der Waals surface area contributed by atoms with E-state index in [0.717, 1.165) is 0 Å². The summed E-state index contributed by atoms with van der Waals surface area (Å²) in [4.78, 5) is 0. The van der Waals surface area contributed by atoms with Crippen molar-refractivity contribution in [2.24, 2.45) is 10.6 Å². The smallest absolute Gasteiger partial charge is 0.137 e. The topological polar surface area (TPSA) is 41.8 Å². The van der Waals surface area contributed by atoms with Crippen molar-refractivity contribution >= 4 is 6.21 Å². The van der Waals surface area contributed by atoms with Gasteiger partial charge in [-0.25, -0.2) is 0 Å². The minimum Gasteiger partial charge on any atom is -0.495 e. The summed E-state index contributed by atoms with van der Waals surface area (Å²) in [6.07, 6.45) is 7.16. The number of methoxy groups -OCH3 is 1. The van der Waals surface area contributed by atoms with Gasteiger partial charge in [0.1, 0.15) is 12.0 Å². The van der Waals surface area contributed by atoms with E-state index in [1.165, 1.54) is 6.21 Å². The van der Waals surface area contributed by atoms with E-state index in [-0.39, 0.29) is 5.41 Å². The lowest BCUT2D eigenvalue weighted by Gasteiger charge is -2.15. The van der Waals surface area contributed by atoms with Gasteiger partial charge in [-0.05, 0) is 13.0 Å². The molecule has 0 saturated carbocycles. The maximum Gasteiger partial charge on any atom is 0.137 e. The van der Waals surface area contributed by atoms with Crippen LogP contribution in [-0.2, 0) is 4.74 Å². The lowest BCUT2D eigenvalue weighted by atomic mass is 9.92. The molecule has 0 aliphatic heterocycles. The fourth-order valence-corrected chi connectivity index (χ4v) is 1.05. The van der Waals surface area contributed by atoms with E-state index in [9.17, 15) is 0 Å². The Labute approximate surface area is 79.4 Å². The zero-order chi connectivity index (χ0) is 10.3. The van der Waals surface area contributed by atoms with Gasteiger partial charge >= 0.3 is 0 Å². The number of oxime groups is 1. The first-order valence-electron chi connectivity index (χ1n) is 4.14. The van der Waals surface area contributed by atoms with Crippen LogP contribution in [0.2, 0.25) is 0 Å². The van der Waals surface area contributed by atoms with Crippen molar-refractivity contribution in [2.75, 3.05) is 7.11 Å². The van der Waals surface area contributed by atoms with Crippen LogP contribution in [0.4, 0.5) is 0 Å². The quantitative estimate of drug-likeness (QED) is 0.239. The lowest BCUT2D eigenvalue weighted by Crippen LogP contribution is -2.05. The van der Waals surface area contributed by atoms with Crippen LogP contribution in [0, 0.1) is 5.41 Å². The highest BCUT2D eigenvalue weighted by Gasteiger charge is 2.10. The molecule has 0 aromatic carbocycles. The van der Waals surface area contributed by atoms with E-state index >= 15 is 0 Å². The molecule has 0 aliphatic rings. The second-order valence-corrected chi connectivity index (χ2v) is 3.32. The summed E-state index contributed by atoms with van der Waals surface area (Å²) in [5, 5.41) is 11.2. The van der Waals surface area contributed by atoms with Crippen molar-refractivity contribution in [2.45, 2.75) is 20.8 Å². The molecule has 3 nitrogen and oxygen atoms in total. The molecule has 0 aromatic heterocycles. The van der Waals surface area contributed by atoms with Gasteiger partial charge in [0.2, 0.25) is 0 Å². The molecule has 0 spiro atoms. The lowest BCUT2D eigenvalue weighted by molar-refractivity contribution is 0.295. The number of hydrogen-bond donors (Lipinski definition) is 1. The minimum atomic E-state index is -0.0959. The van der Waals surface area contributed by atoms with Crippen LogP contribution in [0.25, 0.3) is 0 Å². The van der Waals surface area contributed by atoms with Crippen LogP contribution in [0.3, 0.4) is 0 Å². The van der Waals surface area contributed by atoms with Gasteiger partial charge in [0.05, 0.1) is 7.11 Å². The summed E-state index contributed by atoms with van der Waals surface area (Å²) in [6, 6.07) is 0. The molecule has 0 saturated heterocycles. The van der Waals surface area contributed by atoms with Gasteiger partial charge in [0.25, 0.3) is 0 Å². The van der Waals surface area contributed by atoms with Crippen molar-refractivity contribution < 1.29 is 9.94 Å². The maximum atomic E-state index is 8.33. The van der Waals surface area contributed by atoms with E-state index in [4.69, 9.17) is 9.94 Å². The summed E-state index contributed by atoms with van der Waals surface area (Å²) < 4.78 is 4.99. The van der Waals surface area contributed by atoms with Crippen molar-refractivity contribution in [1.82, 2.24) is 0 Å². The van der Waals surface area contributed by atoms with Crippen LogP contribution >= 0.6 is 0 Å². The van der Waals surface area contributed by atoms with E-state index in [2.05, 4.69) is 5.16 Å². The fourth-order valence-electron chi connectivity index (χ4n) is 1.05. The standard InChI is InChI=1S/C10H17NO2/c1-5-6-10(2,3)7-9(13-4)8-11-12/h5-8,12H,1-4H3/b6-5-,9-7+,11-8+. The van der Waals surface area contributed by atoms with Crippen molar-refractivity contribution in [1.29, 1.82) is 0 Å². The molecule has 0 unspecified atom stereocenters. The first kappa shape index (κ1) is 11.8. The van der Waals surface area contributed by atoms with E-state index in [1.807, 2.05) is 39.0 Å². The van der Waals surface area contributed by atoms with Crippen LogP contribution < -0.4 is 0 Å². The monoisotopic (exact) mass is 183 g/mol. The largest absolute Gasteiger partial charge is 0.495 e. The molecule has 0 radical (unpaired) electrons. The number of hydrogen-bond acceptors (Lipinski definition) is 3. The molecule has 13 heavy (non-hydrogen) atoms. The zero-order valence-corrected chi connectivity index (χ0v) is 8.61. The number of allylic oxidation sites excluding steroid dienone is 4. The number of rotatable bonds is 4. The van der Waals surface area contributed by atoms with E-state index < -0.39 is 0 Å². The molecule has 0 bridgehead atoms. The molecule has 1 N–H and O–H groups in total. The SMILES string of the molecule is C/C=C\C(C)(C)/C=C(\C=N\O)OC. The first-order valence-corrected chi connectivity index (χ1v) is 4.14. The molecule has 0 heterocycles. The van der Waals surface area contributed by atoms with Crippen LogP contribution in [0.1, 0.15) is 20.8 Å². The van der Waals surface area contributed by atoms with Gasteiger partial charge in [-0.1, -0.05) is 31.2 Å². The highest BCUT2D eigenvalue weighted by Crippen LogP contribution is 2.20. The Morgan fingerprint density at radius 2 is 2.08 bits per heavy atom. The highest BCUT2D eigenvalue weighted by molar-refractivity contribution is 5.75. The van der Waals surface area contributed by atoms with Crippen LogP contribution in [0.5, 0.6) is 0 Å². The maximum absolute atomic E-state index is 8.33. The molecule has 0 aliphatic carbocycles. The van der Waals surface area contributed by atoms with Gasteiger partial charge in [0.15, 0.2) is 0 Å². The number of nitrogens with zero attached hydrogens (tertiary/aromatic N) is 1. The van der Waals surface area contributed by atoms with Gasteiger partial charge in [0, 0.05) is 5.41 Å². The van der Waals surface area contributed by atoms with Crippen LogP contribution in [0.15, 0.2) is 29.1 Å². The molecule has 74 valence electrons. The summed E-state index contributed by atoms with van der Waals surface area (Å²) in [5.74, 6) is 0.547.